The number of carbonyl (C=O) groups is 1. The molecular formula is C13H26N4O2. The highest BCUT2D eigenvalue weighted by Crippen LogP contribution is 2.00. The fourth-order valence-corrected chi connectivity index (χ4v) is 2.43. The third kappa shape index (κ3) is 5.06. The second kappa shape index (κ2) is 7.79. The van der Waals surface area contributed by atoms with Crippen molar-refractivity contribution in [1.82, 2.24) is 20.4 Å². The van der Waals surface area contributed by atoms with Gasteiger partial charge in [-0.05, 0) is 20.0 Å². The summed E-state index contributed by atoms with van der Waals surface area (Å²) in [5.74, 6) is 0.0191. The molecule has 0 aromatic heterocycles. The molecule has 6 heteroatoms. The molecule has 2 heterocycles. The number of piperazine rings is 1. The van der Waals surface area contributed by atoms with E-state index in [1.54, 1.807) is 0 Å². The largest absolute Gasteiger partial charge is 0.366 e. The van der Waals surface area contributed by atoms with Gasteiger partial charge in [-0.1, -0.05) is 0 Å². The Labute approximate surface area is 115 Å². The second-order valence-corrected chi connectivity index (χ2v) is 5.35. The molecule has 1 atom stereocenters. The third-order valence-electron chi connectivity index (χ3n) is 3.77. The Morgan fingerprint density at radius 2 is 2.16 bits per heavy atom. The van der Waals surface area contributed by atoms with Crippen LogP contribution in [0.4, 0.5) is 0 Å². The third-order valence-corrected chi connectivity index (χ3v) is 3.77. The van der Waals surface area contributed by atoms with Gasteiger partial charge < -0.3 is 25.2 Å². The zero-order valence-corrected chi connectivity index (χ0v) is 11.9. The second-order valence-electron chi connectivity index (χ2n) is 5.35. The van der Waals surface area contributed by atoms with Crippen molar-refractivity contribution in [2.75, 3.05) is 66.0 Å². The molecule has 2 rings (SSSR count). The number of nitrogens with zero attached hydrogens (tertiary/aromatic N) is 2. The quantitative estimate of drug-likeness (QED) is 0.610. The van der Waals surface area contributed by atoms with Gasteiger partial charge in [0, 0.05) is 45.8 Å². The molecule has 0 aromatic carbocycles. The lowest BCUT2D eigenvalue weighted by Crippen LogP contribution is -2.48. The van der Waals surface area contributed by atoms with Gasteiger partial charge in [-0.3, -0.25) is 4.79 Å². The van der Waals surface area contributed by atoms with Crippen LogP contribution in [0.3, 0.4) is 0 Å². The van der Waals surface area contributed by atoms with E-state index in [0.29, 0.717) is 13.2 Å². The smallest absolute Gasteiger partial charge is 0.250 e. The van der Waals surface area contributed by atoms with Crippen LogP contribution in [-0.2, 0) is 9.53 Å². The fraction of sp³-hybridized carbons (Fsp3) is 0.923. The van der Waals surface area contributed by atoms with E-state index in [4.69, 9.17) is 4.74 Å². The maximum absolute atomic E-state index is 11.8. The Balaban J connectivity index is 1.52. The van der Waals surface area contributed by atoms with Crippen LogP contribution in [0.15, 0.2) is 0 Å². The number of nitrogens with one attached hydrogen (secondary N) is 2. The summed E-state index contributed by atoms with van der Waals surface area (Å²) in [5.41, 5.74) is 0. The summed E-state index contributed by atoms with van der Waals surface area (Å²) in [6, 6.07) is 0. The molecule has 2 saturated heterocycles. The summed E-state index contributed by atoms with van der Waals surface area (Å²) >= 11 is 0. The Morgan fingerprint density at radius 3 is 2.84 bits per heavy atom. The highest BCUT2D eigenvalue weighted by atomic mass is 16.5. The predicted octanol–water partition coefficient (Wildman–Crippen LogP) is -1.27. The summed E-state index contributed by atoms with van der Waals surface area (Å²) in [7, 11) is 2.16. The lowest BCUT2D eigenvalue weighted by atomic mass is 10.2. The number of hydrogen-bond acceptors (Lipinski definition) is 5. The van der Waals surface area contributed by atoms with Crippen molar-refractivity contribution in [3.05, 3.63) is 0 Å². The normalized spacial score (nSPS) is 26.3. The Bertz CT molecular complexity index is 274. The molecule has 0 aliphatic carbocycles. The van der Waals surface area contributed by atoms with E-state index in [9.17, 15) is 4.79 Å². The minimum atomic E-state index is -0.308. The molecule has 2 fully saturated rings. The van der Waals surface area contributed by atoms with Crippen LogP contribution in [-0.4, -0.2) is 87.8 Å². The number of amides is 1. The van der Waals surface area contributed by atoms with E-state index >= 15 is 0 Å². The minimum Gasteiger partial charge on any atom is -0.366 e. The van der Waals surface area contributed by atoms with Crippen molar-refractivity contribution in [2.24, 2.45) is 0 Å². The van der Waals surface area contributed by atoms with Crippen LogP contribution < -0.4 is 10.6 Å². The Morgan fingerprint density at radius 1 is 1.37 bits per heavy atom. The van der Waals surface area contributed by atoms with E-state index < -0.39 is 0 Å². The first-order valence-electron chi connectivity index (χ1n) is 7.26. The van der Waals surface area contributed by atoms with Gasteiger partial charge in [-0.25, -0.2) is 0 Å². The average molecular weight is 270 g/mol. The van der Waals surface area contributed by atoms with Gasteiger partial charge in [-0.2, -0.15) is 0 Å². The topological polar surface area (TPSA) is 56.8 Å². The van der Waals surface area contributed by atoms with Crippen LogP contribution in [0.25, 0.3) is 0 Å². The molecule has 1 amide bonds. The lowest BCUT2D eigenvalue weighted by molar-refractivity contribution is -0.134. The molecule has 110 valence electrons. The number of morpholine rings is 1. The van der Waals surface area contributed by atoms with Gasteiger partial charge in [0.05, 0.1) is 6.61 Å². The maximum atomic E-state index is 11.8. The van der Waals surface area contributed by atoms with Gasteiger partial charge in [0.15, 0.2) is 0 Å². The number of ether oxygens (including phenoxy) is 1. The first-order valence-corrected chi connectivity index (χ1v) is 7.26. The number of rotatable bonds is 5. The van der Waals surface area contributed by atoms with Crippen molar-refractivity contribution < 1.29 is 9.53 Å². The predicted molar refractivity (Wildman–Crippen MR) is 74.2 cm³/mol. The summed E-state index contributed by atoms with van der Waals surface area (Å²) in [4.78, 5) is 16.6. The van der Waals surface area contributed by atoms with Gasteiger partial charge in [0.2, 0.25) is 5.91 Å². The monoisotopic (exact) mass is 270 g/mol. The minimum absolute atomic E-state index is 0.0191. The molecule has 2 aliphatic heterocycles. The van der Waals surface area contributed by atoms with Crippen molar-refractivity contribution in [3.63, 3.8) is 0 Å². The zero-order valence-electron chi connectivity index (χ0n) is 11.9. The Kier molecular flexibility index (Phi) is 6.03. The number of likely N-dealkylation sites (N-methyl/N-ethyl adjacent to an activating group) is 1. The Hall–Kier alpha value is -0.690. The number of hydrogen-bond donors (Lipinski definition) is 2. The average Bonchev–Trinajstić information content (AvgIpc) is 2.46. The molecule has 0 spiro atoms. The fourth-order valence-electron chi connectivity index (χ4n) is 2.43. The van der Waals surface area contributed by atoms with Gasteiger partial charge >= 0.3 is 0 Å². The van der Waals surface area contributed by atoms with Crippen LogP contribution in [0, 0.1) is 0 Å². The van der Waals surface area contributed by atoms with Crippen molar-refractivity contribution in [1.29, 1.82) is 0 Å². The van der Waals surface area contributed by atoms with E-state index in [-0.39, 0.29) is 12.0 Å². The van der Waals surface area contributed by atoms with Crippen LogP contribution in [0.5, 0.6) is 0 Å². The van der Waals surface area contributed by atoms with Gasteiger partial charge in [0.25, 0.3) is 0 Å². The van der Waals surface area contributed by atoms with E-state index in [2.05, 4.69) is 27.5 Å². The molecule has 2 N–H and O–H groups in total. The molecule has 1 unspecified atom stereocenters. The SMILES string of the molecule is CN1CCN(CCCNC(=O)C2CNCCO2)CC1. The highest BCUT2D eigenvalue weighted by Gasteiger charge is 2.21. The zero-order chi connectivity index (χ0) is 13.5. The van der Waals surface area contributed by atoms with Crippen LogP contribution in [0.2, 0.25) is 0 Å². The summed E-state index contributed by atoms with van der Waals surface area (Å²) < 4.78 is 5.41. The first kappa shape index (κ1) is 14.7. The molecule has 2 aliphatic rings. The molecular weight excluding hydrogens is 244 g/mol. The van der Waals surface area contributed by atoms with Crippen LogP contribution >= 0.6 is 0 Å². The van der Waals surface area contributed by atoms with Crippen molar-refractivity contribution in [3.8, 4) is 0 Å². The number of carbonyl (C=O) groups excluding carboxylic acids is 1. The molecule has 6 nitrogen and oxygen atoms in total. The van der Waals surface area contributed by atoms with E-state index in [0.717, 1.165) is 52.2 Å². The van der Waals surface area contributed by atoms with Gasteiger partial charge in [-0.15, -0.1) is 0 Å². The summed E-state index contributed by atoms with van der Waals surface area (Å²) in [5, 5.41) is 6.12. The van der Waals surface area contributed by atoms with Crippen molar-refractivity contribution >= 4 is 5.91 Å². The van der Waals surface area contributed by atoms with Gasteiger partial charge in [0.1, 0.15) is 6.10 Å². The lowest BCUT2D eigenvalue weighted by Gasteiger charge is -2.32. The summed E-state index contributed by atoms with van der Waals surface area (Å²) in [6.07, 6.45) is 0.702. The van der Waals surface area contributed by atoms with E-state index in [1.807, 2.05) is 0 Å². The van der Waals surface area contributed by atoms with Crippen molar-refractivity contribution in [2.45, 2.75) is 12.5 Å². The molecule has 0 aromatic rings. The van der Waals surface area contributed by atoms with Crippen LogP contribution in [0.1, 0.15) is 6.42 Å². The van der Waals surface area contributed by atoms with E-state index in [1.165, 1.54) is 0 Å². The molecule has 19 heavy (non-hydrogen) atoms. The molecule has 0 radical (unpaired) electrons. The molecule has 0 bridgehead atoms. The standard InChI is InChI=1S/C13H26N4O2/c1-16-6-8-17(9-7-16)5-2-3-15-13(18)12-11-14-4-10-19-12/h12,14H,2-11H2,1H3,(H,15,18). The molecule has 0 saturated carbocycles. The first-order chi connectivity index (χ1) is 9.25. The summed E-state index contributed by atoms with van der Waals surface area (Å²) in [6.45, 7) is 8.47. The maximum Gasteiger partial charge on any atom is 0.250 e. The highest BCUT2D eigenvalue weighted by molar-refractivity contribution is 5.81.